The van der Waals surface area contributed by atoms with Crippen molar-refractivity contribution in [2.75, 3.05) is 0 Å². The minimum Gasteiger partial charge on any atom is -0.461 e. The van der Waals surface area contributed by atoms with E-state index in [-0.39, 0.29) is 12.6 Å². The zero-order valence-electron chi connectivity index (χ0n) is 10.6. The maximum Gasteiger partial charge on any atom is 0.302 e. The van der Waals surface area contributed by atoms with Gasteiger partial charge in [0.25, 0.3) is 0 Å². The fourth-order valence-corrected chi connectivity index (χ4v) is 2.26. The van der Waals surface area contributed by atoms with Gasteiger partial charge in [-0.1, -0.05) is 36.4 Å². The molecule has 0 bridgehead atoms. The number of carbonyl (C=O) groups is 1. The van der Waals surface area contributed by atoms with Gasteiger partial charge in [0.15, 0.2) is 0 Å². The van der Waals surface area contributed by atoms with Gasteiger partial charge in [-0.05, 0) is 12.1 Å². The number of benzene rings is 2. The highest BCUT2D eigenvalue weighted by atomic mass is 16.5. The van der Waals surface area contributed by atoms with Crippen LogP contribution in [0.2, 0.25) is 0 Å². The minimum atomic E-state index is -0.273. The number of hydrogen-bond acceptors (Lipinski definition) is 3. The van der Waals surface area contributed by atoms with E-state index in [2.05, 4.69) is 4.98 Å². The van der Waals surface area contributed by atoms with Gasteiger partial charge in [-0.15, -0.1) is 0 Å². The molecule has 3 aromatic rings. The number of rotatable bonds is 2. The number of carbonyl (C=O) groups excluding carboxylic acids is 1. The fourth-order valence-electron chi connectivity index (χ4n) is 2.26. The van der Waals surface area contributed by atoms with Crippen molar-refractivity contribution in [2.24, 2.45) is 0 Å². The second-order valence-electron chi connectivity index (χ2n) is 4.40. The molecule has 3 nitrogen and oxygen atoms in total. The van der Waals surface area contributed by atoms with E-state index in [1.54, 1.807) is 0 Å². The molecule has 2 aromatic carbocycles. The van der Waals surface area contributed by atoms with Gasteiger partial charge in [0.05, 0.1) is 11.0 Å². The summed E-state index contributed by atoms with van der Waals surface area (Å²) in [5, 5.41) is 2.06. The van der Waals surface area contributed by atoms with Crippen molar-refractivity contribution in [3.05, 3.63) is 54.1 Å². The fraction of sp³-hybridized carbons (Fsp3) is 0.125. The summed E-state index contributed by atoms with van der Waals surface area (Å²) in [4.78, 5) is 15.7. The summed E-state index contributed by atoms with van der Waals surface area (Å²) in [6.45, 7) is 1.70. The first-order valence-corrected chi connectivity index (χ1v) is 6.15. The molecule has 0 unspecified atom stereocenters. The molecule has 1 heterocycles. The molecule has 3 rings (SSSR count). The molecular weight excluding hydrogens is 238 g/mol. The maximum absolute atomic E-state index is 11.1. The average Bonchev–Trinajstić information content (AvgIpc) is 2.43. The Balaban J connectivity index is 2.29. The van der Waals surface area contributed by atoms with Crippen molar-refractivity contribution >= 4 is 27.8 Å². The van der Waals surface area contributed by atoms with Crippen molar-refractivity contribution in [1.82, 2.24) is 4.98 Å². The monoisotopic (exact) mass is 251 g/mol. The molecule has 0 radical (unpaired) electrons. The highest BCUT2D eigenvalue weighted by Crippen LogP contribution is 2.26. The van der Waals surface area contributed by atoms with Crippen LogP contribution < -0.4 is 0 Å². The Morgan fingerprint density at radius 2 is 1.53 bits per heavy atom. The summed E-state index contributed by atoms with van der Waals surface area (Å²) in [6, 6.07) is 15.8. The number of ether oxygens (including phenoxy) is 1. The van der Waals surface area contributed by atoms with Crippen LogP contribution in [0, 0.1) is 0 Å². The first-order valence-electron chi connectivity index (χ1n) is 6.15. The summed E-state index contributed by atoms with van der Waals surface area (Å²) in [6.07, 6.45) is 0. The third-order valence-corrected chi connectivity index (χ3v) is 3.12. The molecule has 94 valence electrons. The van der Waals surface area contributed by atoms with Gasteiger partial charge in [-0.3, -0.25) is 4.79 Å². The Bertz CT molecular complexity index is 711. The number of para-hydroxylation sites is 2. The molecule has 3 heteroatoms. The lowest BCUT2D eigenvalue weighted by Crippen LogP contribution is -2.01. The van der Waals surface area contributed by atoms with Crippen LogP contribution in [0.15, 0.2) is 48.5 Å². The highest BCUT2D eigenvalue weighted by Gasteiger charge is 2.09. The molecule has 0 amide bonds. The van der Waals surface area contributed by atoms with Gasteiger partial charge in [-0.25, -0.2) is 4.98 Å². The topological polar surface area (TPSA) is 39.2 Å². The van der Waals surface area contributed by atoms with Crippen molar-refractivity contribution in [3.63, 3.8) is 0 Å². The van der Waals surface area contributed by atoms with E-state index < -0.39 is 0 Å². The summed E-state index contributed by atoms with van der Waals surface area (Å²) >= 11 is 0. The summed E-state index contributed by atoms with van der Waals surface area (Å²) in [5.41, 5.74) is 2.85. The van der Waals surface area contributed by atoms with E-state index in [9.17, 15) is 4.79 Å². The van der Waals surface area contributed by atoms with Crippen LogP contribution >= 0.6 is 0 Å². The molecule has 0 aliphatic heterocycles. The number of hydrogen-bond donors (Lipinski definition) is 0. The van der Waals surface area contributed by atoms with E-state index in [1.165, 1.54) is 6.92 Å². The van der Waals surface area contributed by atoms with E-state index >= 15 is 0 Å². The number of nitrogens with zero attached hydrogens (tertiary/aromatic N) is 1. The largest absolute Gasteiger partial charge is 0.461 e. The Hall–Kier alpha value is -2.42. The van der Waals surface area contributed by atoms with Crippen LogP contribution in [0.5, 0.6) is 0 Å². The van der Waals surface area contributed by atoms with Gasteiger partial charge in [-0.2, -0.15) is 0 Å². The highest BCUT2D eigenvalue weighted by molar-refractivity contribution is 5.97. The second-order valence-corrected chi connectivity index (χ2v) is 4.40. The molecule has 0 fully saturated rings. The molecule has 0 aliphatic carbocycles. The smallest absolute Gasteiger partial charge is 0.302 e. The molecule has 0 aliphatic rings. The first kappa shape index (κ1) is 11.7. The van der Waals surface area contributed by atoms with Crippen LogP contribution in [-0.4, -0.2) is 11.0 Å². The molecule has 0 atom stereocenters. The van der Waals surface area contributed by atoms with Crippen molar-refractivity contribution in [1.29, 1.82) is 0 Å². The van der Waals surface area contributed by atoms with E-state index in [0.717, 1.165) is 27.4 Å². The summed E-state index contributed by atoms with van der Waals surface area (Å²) < 4.78 is 5.18. The van der Waals surface area contributed by atoms with Crippen LogP contribution in [0.3, 0.4) is 0 Å². The lowest BCUT2D eigenvalue weighted by Gasteiger charge is -2.10. The predicted molar refractivity (Wildman–Crippen MR) is 74.7 cm³/mol. The van der Waals surface area contributed by atoms with Gasteiger partial charge < -0.3 is 4.74 Å². The number of pyridine rings is 1. The molecular formula is C16H13NO2. The lowest BCUT2D eigenvalue weighted by molar-refractivity contribution is -0.142. The Morgan fingerprint density at radius 1 is 1.00 bits per heavy atom. The second kappa shape index (κ2) is 4.69. The third kappa shape index (κ3) is 2.15. The van der Waals surface area contributed by atoms with Gasteiger partial charge in [0.2, 0.25) is 0 Å². The Kier molecular flexibility index (Phi) is 2.88. The summed E-state index contributed by atoms with van der Waals surface area (Å²) in [7, 11) is 0. The standard InChI is InChI=1S/C16H13NO2/c1-11(18)19-10-14-12-6-2-4-8-15(12)17-16-9-5-3-7-13(14)16/h2-9H,10H2,1H3. The van der Waals surface area contributed by atoms with Crippen LogP contribution in [0.25, 0.3) is 21.8 Å². The molecule has 1 aromatic heterocycles. The van der Waals surface area contributed by atoms with Crippen molar-refractivity contribution in [2.45, 2.75) is 13.5 Å². The molecule has 0 N–H and O–H groups in total. The molecule has 19 heavy (non-hydrogen) atoms. The number of aromatic nitrogens is 1. The summed E-state index contributed by atoms with van der Waals surface area (Å²) in [5.74, 6) is -0.273. The van der Waals surface area contributed by atoms with E-state index in [0.29, 0.717) is 0 Å². The Morgan fingerprint density at radius 3 is 2.05 bits per heavy atom. The van der Waals surface area contributed by atoms with Gasteiger partial charge in [0.1, 0.15) is 6.61 Å². The maximum atomic E-state index is 11.1. The zero-order valence-corrected chi connectivity index (χ0v) is 10.6. The lowest BCUT2D eigenvalue weighted by atomic mass is 10.0. The first-order chi connectivity index (χ1) is 9.25. The number of esters is 1. The molecule has 0 saturated carbocycles. The average molecular weight is 251 g/mol. The van der Waals surface area contributed by atoms with Gasteiger partial charge in [0, 0.05) is 23.3 Å². The normalized spacial score (nSPS) is 10.8. The van der Waals surface area contributed by atoms with Crippen molar-refractivity contribution in [3.8, 4) is 0 Å². The quantitative estimate of drug-likeness (QED) is 0.517. The van der Waals surface area contributed by atoms with E-state index in [1.807, 2.05) is 48.5 Å². The zero-order chi connectivity index (χ0) is 13.2. The van der Waals surface area contributed by atoms with Gasteiger partial charge >= 0.3 is 5.97 Å². The van der Waals surface area contributed by atoms with Crippen LogP contribution in [0.4, 0.5) is 0 Å². The molecule has 0 saturated heterocycles. The van der Waals surface area contributed by atoms with Crippen LogP contribution in [0.1, 0.15) is 12.5 Å². The van der Waals surface area contributed by atoms with Crippen molar-refractivity contribution < 1.29 is 9.53 Å². The Labute approximate surface area is 110 Å². The van der Waals surface area contributed by atoms with E-state index in [4.69, 9.17) is 4.74 Å². The molecule has 0 spiro atoms. The number of fused-ring (bicyclic) bond motifs is 2. The predicted octanol–water partition coefficient (Wildman–Crippen LogP) is 3.45. The van der Waals surface area contributed by atoms with Crippen LogP contribution in [-0.2, 0) is 16.1 Å². The SMILES string of the molecule is CC(=O)OCc1c2ccccc2nc2ccccc12. The third-order valence-electron chi connectivity index (χ3n) is 3.12. The minimum absolute atomic E-state index is 0.273.